The maximum absolute atomic E-state index is 11.9. The van der Waals surface area contributed by atoms with Gasteiger partial charge in [-0.05, 0) is 19.8 Å². The number of rotatable bonds is 9. The molecular formula is C15H27N5O. The third-order valence-corrected chi connectivity index (χ3v) is 3.08. The second-order valence-electron chi connectivity index (χ2n) is 5.01. The van der Waals surface area contributed by atoms with Gasteiger partial charge in [0, 0.05) is 25.7 Å². The number of nitrogens with one attached hydrogen (secondary N) is 2. The minimum absolute atomic E-state index is 0.0189. The largest absolute Gasteiger partial charge is 0.370 e. The van der Waals surface area contributed by atoms with Gasteiger partial charge in [-0.25, -0.2) is 9.97 Å². The average molecular weight is 293 g/mol. The molecule has 0 bridgehead atoms. The molecule has 1 amide bonds. The van der Waals surface area contributed by atoms with E-state index in [1.165, 1.54) is 0 Å². The summed E-state index contributed by atoms with van der Waals surface area (Å²) in [7, 11) is 1.89. The first-order chi connectivity index (χ1) is 10.1. The molecule has 0 radical (unpaired) electrons. The van der Waals surface area contributed by atoms with Gasteiger partial charge in [-0.3, -0.25) is 4.79 Å². The smallest absolute Gasteiger partial charge is 0.239 e. The van der Waals surface area contributed by atoms with Crippen LogP contribution >= 0.6 is 0 Å². The molecule has 0 saturated carbocycles. The normalized spacial score (nSPS) is 10.3. The summed E-state index contributed by atoms with van der Waals surface area (Å²) < 4.78 is 0. The average Bonchev–Trinajstić information content (AvgIpc) is 2.47. The van der Waals surface area contributed by atoms with E-state index in [-0.39, 0.29) is 5.91 Å². The molecule has 1 heterocycles. The van der Waals surface area contributed by atoms with E-state index in [1.54, 1.807) is 6.33 Å². The van der Waals surface area contributed by atoms with Crippen molar-refractivity contribution in [3.63, 3.8) is 0 Å². The fourth-order valence-electron chi connectivity index (χ4n) is 2.14. The lowest BCUT2D eigenvalue weighted by atomic mass is 10.1. The van der Waals surface area contributed by atoms with Crippen molar-refractivity contribution in [2.75, 3.05) is 36.9 Å². The molecule has 0 fully saturated rings. The van der Waals surface area contributed by atoms with Gasteiger partial charge in [0.2, 0.25) is 5.91 Å². The first-order valence-electron chi connectivity index (χ1n) is 7.69. The fourth-order valence-corrected chi connectivity index (χ4v) is 2.14. The molecule has 0 aliphatic carbocycles. The minimum atomic E-state index is 0.0189. The Hall–Kier alpha value is -1.85. The number of aromatic nitrogens is 2. The zero-order chi connectivity index (χ0) is 15.7. The molecule has 1 aromatic rings. The first-order valence-corrected chi connectivity index (χ1v) is 7.69. The van der Waals surface area contributed by atoms with E-state index in [9.17, 15) is 4.79 Å². The zero-order valence-electron chi connectivity index (χ0n) is 13.6. The van der Waals surface area contributed by atoms with Crippen molar-refractivity contribution in [1.82, 2.24) is 15.3 Å². The van der Waals surface area contributed by atoms with Crippen LogP contribution in [0.3, 0.4) is 0 Å². The van der Waals surface area contributed by atoms with Crippen LogP contribution in [0.25, 0.3) is 0 Å². The standard InChI is InChI=1S/C15H27N5O/c1-5-8-12-14(16-7-3)18-11-19-15(12)20(4)10-13(21)17-9-6-2/h11H,5-10H2,1-4H3,(H,17,21)(H,16,18,19). The molecule has 2 N–H and O–H groups in total. The van der Waals surface area contributed by atoms with Gasteiger partial charge in [0.15, 0.2) is 0 Å². The van der Waals surface area contributed by atoms with Gasteiger partial charge in [0.1, 0.15) is 18.0 Å². The van der Waals surface area contributed by atoms with Crippen LogP contribution in [0.2, 0.25) is 0 Å². The summed E-state index contributed by atoms with van der Waals surface area (Å²) in [6, 6.07) is 0. The number of hydrogen-bond donors (Lipinski definition) is 2. The second kappa shape index (κ2) is 9.15. The quantitative estimate of drug-likeness (QED) is 0.727. The number of anilines is 2. The topological polar surface area (TPSA) is 70.2 Å². The van der Waals surface area contributed by atoms with Crippen LogP contribution in [0, 0.1) is 0 Å². The SMILES string of the molecule is CCCNC(=O)CN(C)c1ncnc(NCC)c1CCC. The summed E-state index contributed by atoms with van der Waals surface area (Å²) >= 11 is 0. The summed E-state index contributed by atoms with van der Waals surface area (Å²) in [6.45, 7) is 8.03. The summed E-state index contributed by atoms with van der Waals surface area (Å²) in [5, 5.41) is 6.15. The van der Waals surface area contributed by atoms with E-state index < -0.39 is 0 Å². The Morgan fingerprint density at radius 1 is 1.24 bits per heavy atom. The Labute approximate surface area is 127 Å². The minimum Gasteiger partial charge on any atom is -0.370 e. The molecule has 0 aliphatic rings. The van der Waals surface area contributed by atoms with Crippen molar-refractivity contribution >= 4 is 17.5 Å². The number of hydrogen-bond acceptors (Lipinski definition) is 5. The van der Waals surface area contributed by atoms with Crippen molar-refractivity contribution in [1.29, 1.82) is 0 Å². The van der Waals surface area contributed by atoms with Crippen LogP contribution in [0.4, 0.5) is 11.6 Å². The van der Waals surface area contributed by atoms with Crippen LogP contribution in [0.15, 0.2) is 6.33 Å². The monoisotopic (exact) mass is 293 g/mol. The molecule has 0 saturated heterocycles. The van der Waals surface area contributed by atoms with Gasteiger partial charge < -0.3 is 15.5 Å². The zero-order valence-corrected chi connectivity index (χ0v) is 13.6. The molecular weight excluding hydrogens is 266 g/mol. The van der Waals surface area contributed by atoms with Gasteiger partial charge in [0.25, 0.3) is 0 Å². The highest BCUT2D eigenvalue weighted by molar-refractivity contribution is 5.81. The van der Waals surface area contributed by atoms with Crippen LogP contribution in [-0.4, -0.2) is 42.6 Å². The fraction of sp³-hybridized carbons (Fsp3) is 0.667. The van der Waals surface area contributed by atoms with Crippen LogP contribution in [-0.2, 0) is 11.2 Å². The lowest BCUT2D eigenvalue weighted by molar-refractivity contribution is -0.119. The van der Waals surface area contributed by atoms with Crippen LogP contribution < -0.4 is 15.5 Å². The Bertz CT molecular complexity index is 450. The van der Waals surface area contributed by atoms with Crippen molar-refractivity contribution in [2.24, 2.45) is 0 Å². The van der Waals surface area contributed by atoms with Crippen molar-refractivity contribution in [2.45, 2.75) is 40.0 Å². The first kappa shape index (κ1) is 17.2. The Kier molecular flexibility index (Phi) is 7.50. The van der Waals surface area contributed by atoms with Crippen molar-refractivity contribution in [3.05, 3.63) is 11.9 Å². The molecule has 0 aromatic carbocycles. The lowest BCUT2D eigenvalue weighted by Gasteiger charge is -2.22. The van der Waals surface area contributed by atoms with E-state index in [0.717, 1.165) is 43.0 Å². The lowest BCUT2D eigenvalue weighted by Crippen LogP contribution is -2.36. The molecule has 6 heteroatoms. The Morgan fingerprint density at radius 2 is 2.00 bits per heavy atom. The maximum Gasteiger partial charge on any atom is 0.239 e. The van der Waals surface area contributed by atoms with Gasteiger partial charge in [0.05, 0.1) is 6.54 Å². The number of carbonyl (C=O) groups excluding carboxylic acids is 1. The van der Waals surface area contributed by atoms with Gasteiger partial charge in [-0.2, -0.15) is 0 Å². The van der Waals surface area contributed by atoms with Gasteiger partial charge in [-0.1, -0.05) is 20.3 Å². The second-order valence-corrected chi connectivity index (χ2v) is 5.01. The predicted octanol–water partition coefficient (Wildman–Crippen LogP) is 1.82. The molecule has 118 valence electrons. The highest BCUT2D eigenvalue weighted by Crippen LogP contribution is 2.23. The third-order valence-electron chi connectivity index (χ3n) is 3.08. The van der Waals surface area contributed by atoms with E-state index >= 15 is 0 Å². The number of carbonyl (C=O) groups is 1. The summed E-state index contributed by atoms with van der Waals surface area (Å²) in [4.78, 5) is 22.4. The molecule has 0 atom stereocenters. The molecule has 0 aliphatic heterocycles. The van der Waals surface area contributed by atoms with Gasteiger partial charge in [-0.15, -0.1) is 0 Å². The summed E-state index contributed by atoms with van der Waals surface area (Å²) in [5.74, 6) is 1.71. The van der Waals surface area contributed by atoms with E-state index in [4.69, 9.17) is 0 Å². The van der Waals surface area contributed by atoms with Crippen molar-refractivity contribution in [3.8, 4) is 0 Å². The number of nitrogens with zero attached hydrogens (tertiary/aromatic N) is 3. The van der Waals surface area contributed by atoms with E-state index in [2.05, 4.69) is 27.5 Å². The van der Waals surface area contributed by atoms with Crippen LogP contribution in [0.1, 0.15) is 39.2 Å². The molecule has 0 spiro atoms. The Morgan fingerprint density at radius 3 is 2.62 bits per heavy atom. The molecule has 1 aromatic heterocycles. The summed E-state index contributed by atoms with van der Waals surface area (Å²) in [5.41, 5.74) is 1.08. The van der Waals surface area contributed by atoms with E-state index in [0.29, 0.717) is 13.1 Å². The number of amides is 1. The molecule has 6 nitrogen and oxygen atoms in total. The molecule has 1 rings (SSSR count). The van der Waals surface area contributed by atoms with Crippen LogP contribution in [0.5, 0.6) is 0 Å². The van der Waals surface area contributed by atoms with Crippen molar-refractivity contribution < 1.29 is 4.79 Å². The third kappa shape index (κ3) is 5.21. The Balaban J connectivity index is 2.88. The highest BCUT2D eigenvalue weighted by atomic mass is 16.2. The maximum atomic E-state index is 11.9. The molecule has 0 unspecified atom stereocenters. The van der Waals surface area contributed by atoms with E-state index in [1.807, 2.05) is 25.8 Å². The van der Waals surface area contributed by atoms with Gasteiger partial charge >= 0.3 is 0 Å². The summed E-state index contributed by atoms with van der Waals surface area (Å²) in [6.07, 6.45) is 4.38. The highest BCUT2D eigenvalue weighted by Gasteiger charge is 2.15. The predicted molar refractivity (Wildman–Crippen MR) is 86.8 cm³/mol. The molecule has 21 heavy (non-hydrogen) atoms. The number of likely N-dealkylation sites (N-methyl/N-ethyl adjacent to an activating group) is 1.